The maximum atomic E-state index is 11.9. The highest BCUT2D eigenvalue weighted by Crippen LogP contribution is 2.28. The number of thiophene rings is 1. The Bertz CT molecular complexity index is 995. The number of amides is 1. The highest BCUT2D eigenvalue weighted by Gasteiger charge is 2.06. The Kier molecular flexibility index (Phi) is 7.19. The molecule has 0 saturated heterocycles. The average Bonchev–Trinajstić information content (AvgIpc) is 3.24. The summed E-state index contributed by atoms with van der Waals surface area (Å²) in [6.07, 6.45) is 3.02. The molecule has 0 saturated carbocycles. The molecule has 29 heavy (non-hydrogen) atoms. The van der Waals surface area contributed by atoms with Crippen LogP contribution in [0.1, 0.15) is 10.4 Å². The van der Waals surface area contributed by atoms with Crippen molar-refractivity contribution in [2.75, 3.05) is 13.7 Å². The maximum absolute atomic E-state index is 11.9. The summed E-state index contributed by atoms with van der Waals surface area (Å²) in [5, 5.41) is 2.71. The second kappa shape index (κ2) is 10.2. The van der Waals surface area contributed by atoms with Gasteiger partial charge in [0, 0.05) is 22.4 Å². The van der Waals surface area contributed by atoms with Gasteiger partial charge in [-0.3, -0.25) is 4.79 Å². The van der Waals surface area contributed by atoms with Gasteiger partial charge in [0.2, 0.25) is 0 Å². The number of methoxy groups -OCH3 is 1. The quantitative estimate of drug-likeness (QED) is 0.447. The van der Waals surface area contributed by atoms with Crippen LogP contribution in [0, 0.1) is 0 Å². The predicted molar refractivity (Wildman–Crippen MR) is 115 cm³/mol. The fourth-order valence-electron chi connectivity index (χ4n) is 2.57. The van der Waals surface area contributed by atoms with Gasteiger partial charge in [-0.25, -0.2) is 4.79 Å². The number of rotatable bonds is 8. The molecule has 3 rings (SSSR count). The molecule has 148 valence electrons. The van der Waals surface area contributed by atoms with Gasteiger partial charge in [-0.05, 0) is 41.5 Å². The molecule has 0 aliphatic heterocycles. The second-order valence-corrected chi connectivity index (χ2v) is 7.25. The Morgan fingerprint density at radius 3 is 2.66 bits per heavy atom. The molecule has 5 nitrogen and oxygen atoms in total. The molecule has 1 N–H and O–H groups in total. The van der Waals surface area contributed by atoms with Crippen molar-refractivity contribution in [1.82, 2.24) is 5.32 Å². The topological polar surface area (TPSA) is 64.6 Å². The van der Waals surface area contributed by atoms with Gasteiger partial charge >= 0.3 is 5.97 Å². The number of hydrogen-bond acceptors (Lipinski definition) is 5. The fraction of sp³-hybridized carbons (Fsp3) is 0.130. The molecule has 0 unspecified atom stereocenters. The molecule has 0 aliphatic rings. The first-order valence-corrected chi connectivity index (χ1v) is 9.85. The molecule has 0 fully saturated rings. The van der Waals surface area contributed by atoms with Gasteiger partial charge in [0.05, 0.1) is 7.11 Å². The summed E-state index contributed by atoms with van der Waals surface area (Å²) in [6, 6.07) is 21.4. The number of carbonyl (C=O) groups is 2. The van der Waals surface area contributed by atoms with E-state index in [0.29, 0.717) is 6.54 Å². The highest BCUT2D eigenvalue weighted by atomic mass is 32.1. The van der Waals surface area contributed by atoms with Crippen molar-refractivity contribution >= 4 is 29.3 Å². The number of benzene rings is 2. The zero-order valence-corrected chi connectivity index (χ0v) is 16.8. The third kappa shape index (κ3) is 6.33. The van der Waals surface area contributed by atoms with Gasteiger partial charge in [0.15, 0.2) is 6.61 Å². The van der Waals surface area contributed by atoms with Gasteiger partial charge in [0.25, 0.3) is 5.91 Å². The van der Waals surface area contributed by atoms with Gasteiger partial charge < -0.3 is 14.8 Å². The van der Waals surface area contributed by atoms with Gasteiger partial charge in [-0.2, -0.15) is 0 Å². The van der Waals surface area contributed by atoms with Crippen LogP contribution < -0.4 is 10.1 Å². The van der Waals surface area contributed by atoms with E-state index in [0.717, 1.165) is 26.6 Å². The van der Waals surface area contributed by atoms with Gasteiger partial charge in [-0.15, -0.1) is 11.3 Å². The number of carbonyl (C=O) groups excluding carboxylic acids is 2. The van der Waals surface area contributed by atoms with E-state index in [-0.39, 0.29) is 12.5 Å². The molecule has 1 aromatic heterocycles. The van der Waals surface area contributed by atoms with E-state index in [4.69, 9.17) is 9.47 Å². The lowest BCUT2D eigenvalue weighted by Crippen LogP contribution is -2.28. The van der Waals surface area contributed by atoms with E-state index in [2.05, 4.69) is 5.32 Å². The molecule has 1 amide bonds. The monoisotopic (exact) mass is 407 g/mol. The van der Waals surface area contributed by atoms with Gasteiger partial charge in [0.1, 0.15) is 5.75 Å². The molecular weight excluding hydrogens is 386 g/mol. The minimum atomic E-state index is -0.559. The van der Waals surface area contributed by atoms with Crippen molar-refractivity contribution in [2.24, 2.45) is 0 Å². The van der Waals surface area contributed by atoms with E-state index in [1.54, 1.807) is 24.5 Å². The maximum Gasteiger partial charge on any atom is 0.331 e. The van der Waals surface area contributed by atoms with Crippen molar-refractivity contribution in [1.29, 1.82) is 0 Å². The van der Waals surface area contributed by atoms with E-state index in [9.17, 15) is 9.59 Å². The fourth-order valence-corrected chi connectivity index (χ4v) is 3.49. The SMILES string of the molecule is COc1cccc(CNC(=O)COC(=O)/C=C/c2ccc(-c3ccccc3)s2)c1. The Morgan fingerprint density at radius 1 is 1.03 bits per heavy atom. The van der Waals surface area contributed by atoms with Crippen molar-refractivity contribution in [3.05, 3.63) is 83.2 Å². The van der Waals surface area contributed by atoms with Crippen LogP contribution in [0.2, 0.25) is 0 Å². The third-order valence-electron chi connectivity index (χ3n) is 4.04. The summed E-state index contributed by atoms with van der Waals surface area (Å²) >= 11 is 1.58. The van der Waals surface area contributed by atoms with Crippen molar-refractivity contribution in [2.45, 2.75) is 6.54 Å². The normalized spacial score (nSPS) is 10.7. The number of nitrogens with one attached hydrogen (secondary N) is 1. The van der Waals surface area contributed by atoms with Crippen LogP contribution in [0.3, 0.4) is 0 Å². The van der Waals surface area contributed by atoms with E-state index in [1.807, 2.05) is 66.7 Å². The molecule has 0 radical (unpaired) electrons. The van der Waals surface area contributed by atoms with E-state index in [1.165, 1.54) is 6.08 Å². The first-order valence-electron chi connectivity index (χ1n) is 9.04. The second-order valence-electron chi connectivity index (χ2n) is 6.14. The van der Waals surface area contributed by atoms with Crippen LogP contribution in [0.15, 0.2) is 72.8 Å². The molecule has 0 bridgehead atoms. The zero-order chi connectivity index (χ0) is 20.5. The van der Waals surface area contributed by atoms with Crippen LogP contribution in [-0.4, -0.2) is 25.6 Å². The first kappa shape index (κ1) is 20.4. The lowest BCUT2D eigenvalue weighted by atomic mass is 10.2. The Morgan fingerprint density at radius 2 is 1.86 bits per heavy atom. The first-order chi connectivity index (χ1) is 14.1. The molecule has 6 heteroatoms. The molecule has 0 atom stereocenters. The molecule has 1 heterocycles. The summed E-state index contributed by atoms with van der Waals surface area (Å²) in [4.78, 5) is 25.8. The number of hydrogen-bond donors (Lipinski definition) is 1. The standard InChI is InChI=1S/C23H21NO4S/c1-27-19-9-5-6-17(14-19)15-24-22(25)16-28-23(26)13-11-20-10-12-21(29-20)18-7-3-2-4-8-18/h2-14H,15-16H2,1H3,(H,24,25)/b13-11+. The number of esters is 1. The Balaban J connectivity index is 1.43. The molecule has 0 aliphatic carbocycles. The molecular formula is C23H21NO4S. The van der Waals surface area contributed by atoms with E-state index >= 15 is 0 Å². The van der Waals surface area contributed by atoms with Gasteiger partial charge in [-0.1, -0.05) is 42.5 Å². The summed E-state index contributed by atoms with van der Waals surface area (Å²) in [5.74, 6) is -0.203. The largest absolute Gasteiger partial charge is 0.497 e. The Labute approximate surface area is 173 Å². The van der Waals surface area contributed by atoms with Crippen LogP contribution in [0.5, 0.6) is 5.75 Å². The average molecular weight is 407 g/mol. The van der Waals surface area contributed by atoms with Crippen molar-refractivity contribution < 1.29 is 19.1 Å². The lowest BCUT2D eigenvalue weighted by molar-refractivity contribution is -0.143. The lowest BCUT2D eigenvalue weighted by Gasteiger charge is -2.07. The van der Waals surface area contributed by atoms with Crippen molar-refractivity contribution in [3.63, 3.8) is 0 Å². The summed E-state index contributed by atoms with van der Waals surface area (Å²) in [6.45, 7) is 0.00767. The number of ether oxygens (including phenoxy) is 2. The summed E-state index contributed by atoms with van der Waals surface area (Å²) < 4.78 is 10.1. The van der Waals surface area contributed by atoms with Crippen LogP contribution in [-0.2, 0) is 20.9 Å². The highest BCUT2D eigenvalue weighted by molar-refractivity contribution is 7.16. The van der Waals surface area contributed by atoms with E-state index < -0.39 is 5.97 Å². The zero-order valence-electron chi connectivity index (χ0n) is 16.0. The van der Waals surface area contributed by atoms with Crippen molar-refractivity contribution in [3.8, 4) is 16.2 Å². The summed E-state index contributed by atoms with van der Waals surface area (Å²) in [7, 11) is 1.59. The molecule has 3 aromatic rings. The molecule has 2 aromatic carbocycles. The minimum Gasteiger partial charge on any atom is -0.497 e. The Hall–Kier alpha value is -3.38. The summed E-state index contributed by atoms with van der Waals surface area (Å²) in [5.41, 5.74) is 2.03. The third-order valence-corrected chi connectivity index (χ3v) is 5.14. The molecule has 0 spiro atoms. The van der Waals surface area contributed by atoms with Crippen LogP contribution >= 0.6 is 11.3 Å². The minimum absolute atomic E-state index is 0.327. The van der Waals surface area contributed by atoms with Crippen LogP contribution in [0.25, 0.3) is 16.5 Å². The van der Waals surface area contributed by atoms with Crippen LogP contribution in [0.4, 0.5) is 0 Å². The predicted octanol–water partition coefficient (Wildman–Crippen LogP) is 4.30. The smallest absolute Gasteiger partial charge is 0.331 e.